The zero-order valence-electron chi connectivity index (χ0n) is 10.7. The molecule has 1 aromatic carbocycles. The average Bonchev–Trinajstić information content (AvgIpc) is 2.38. The van der Waals surface area contributed by atoms with Crippen LogP contribution in [0.4, 0.5) is 0 Å². The Morgan fingerprint density at radius 2 is 2.00 bits per heavy atom. The zero-order valence-corrected chi connectivity index (χ0v) is 10.7. The van der Waals surface area contributed by atoms with Gasteiger partial charge in [-0.2, -0.15) is 0 Å². The van der Waals surface area contributed by atoms with Crippen LogP contribution in [0.2, 0.25) is 0 Å². The van der Waals surface area contributed by atoms with Gasteiger partial charge in [0.15, 0.2) is 11.5 Å². The first-order valence-corrected chi connectivity index (χ1v) is 5.91. The molecule has 1 aromatic rings. The van der Waals surface area contributed by atoms with E-state index in [-0.39, 0.29) is 5.78 Å². The smallest absolute Gasteiger partial charge is 0.161 e. The summed E-state index contributed by atoms with van der Waals surface area (Å²) in [5.41, 5.74) is 1.95. The van der Waals surface area contributed by atoms with Crippen LogP contribution < -0.4 is 14.8 Å². The van der Waals surface area contributed by atoms with Gasteiger partial charge in [-0.1, -0.05) is 6.07 Å². The summed E-state index contributed by atoms with van der Waals surface area (Å²) in [6, 6.07) is 5.69. The Morgan fingerprint density at radius 1 is 1.22 bits per heavy atom. The van der Waals surface area contributed by atoms with Crippen molar-refractivity contribution in [2.75, 3.05) is 20.8 Å². The molecule has 0 spiro atoms. The lowest BCUT2D eigenvalue weighted by molar-refractivity contribution is -0.119. The SMILES string of the molecule is COc1ccc(/C=C2\CC(=O)CCN2)cc1OC. The third-order valence-corrected chi connectivity index (χ3v) is 2.89. The Labute approximate surface area is 107 Å². The highest BCUT2D eigenvalue weighted by Crippen LogP contribution is 2.28. The van der Waals surface area contributed by atoms with E-state index in [9.17, 15) is 4.79 Å². The van der Waals surface area contributed by atoms with Crippen LogP contribution in [-0.4, -0.2) is 26.5 Å². The van der Waals surface area contributed by atoms with Gasteiger partial charge in [0.1, 0.15) is 5.78 Å². The third-order valence-electron chi connectivity index (χ3n) is 2.89. The van der Waals surface area contributed by atoms with Crippen molar-refractivity contribution >= 4 is 11.9 Å². The molecule has 0 radical (unpaired) electrons. The fourth-order valence-corrected chi connectivity index (χ4v) is 1.97. The summed E-state index contributed by atoms with van der Waals surface area (Å²) < 4.78 is 10.4. The number of rotatable bonds is 3. The highest BCUT2D eigenvalue weighted by Gasteiger charge is 2.12. The van der Waals surface area contributed by atoms with Crippen molar-refractivity contribution in [3.63, 3.8) is 0 Å². The van der Waals surface area contributed by atoms with E-state index in [1.54, 1.807) is 14.2 Å². The number of carbonyl (C=O) groups excluding carboxylic acids is 1. The molecule has 0 bridgehead atoms. The molecule has 2 rings (SSSR count). The lowest BCUT2D eigenvalue weighted by atomic mass is 10.1. The van der Waals surface area contributed by atoms with Gasteiger partial charge in [0.2, 0.25) is 0 Å². The lowest BCUT2D eigenvalue weighted by Gasteiger charge is -2.16. The molecule has 4 heteroatoms. The predicted octanol–water partition coefficient (Wildman–Crippen LogP) is 2.00. The predicted molar refractivity (Wildman–Crippen MR) is 69.8 cm³/mol. The number of piperidine rings is 1. The van der Waals surface area contributed by atoms with Gasteiger partial charge in [0.05, 0.1) is 14.2 Å². The first-order chi connectivity index (χ1) is 8.72. The second-order valence-corrected chi connectivity index (χ2v) is 4.18. The second-order valence-electron chi connectivity index (χ2n) is 4.18. The summed E-state index contributed by atoms with van der Waals surface area (Å²) in [6.45, 7) is 0.720. The number of nitrogens with one attached hydrogen (secondary N) is 1. The van der Waals surface area contributed by atoms with E-state index >= 15 is 0 Å². The molecule has 4 nitrogen and oxygen atoms in total. The van der Waals surface area contributed by atoms with Crippen molar-refractivity contribution in [2.45, 2.75) is 12.8 Å². The van der Waals surface area contributed by atoms with Crippen LogP contribution in [-0.2, 0) is 4.79 Å². The number of hydrogen-bond donors (Lipinski definition) is 1. The van der Waals surface area contributed by atoms with Crippen molar-refractivity contribution < 1.29 is 14.3 Å². The molecular formula is C14H17NO3. The fraction of sp³-hybridized carbons (Fsp3) is 0.357. The highest BCUT2D eigenvalue weighted by atomic mass is 16.5. The van der Waals surface area contributed by atoms with Crippen molar-refractivity contribution in [1.29, 1.82) is 0 Å². The van der Waals surface area contributed by atoms with Gasteiger partial charge < -0.3 is 14.8 Å². The second kappa shape index (κ2) is 5.58. The summed E-state index contributed by atoms with van der Waals surface area (Å²) in [5, 5.41) is 3.23. The van der Waals surface area contributed by atoms with Gasteiger partial charge >= 0.3 is 0 Å². The number of ketones is 1. The maximum atomic E-state index is 11.4. The first kappa shape index (κ1) is 12.5. The molecule has 0 unspecified atom stereocenters. The molecule has 1 fully saturated rings. The summed E-state index contributed by atoms with van der Waals surface area (Å²) in [4.78, 5) is 11.4. The summed E-state index contributed by atoms with van der Waals surface area (Å²) >= 11 is 0. The largest absolute Gasteiger partial charge is 0.493 e. The normalized spacial score (nSPS) is 17.4. The van der Waals surface area contributed by atoms with Crippen LogP contribution in [0.3, 0.4) is 0 Å². The molecule has 0 amide bonds. The third kappa shape index (κ3) is 2.83. The van der Waals surface area contributed by atoms with E-state index in [1.807, 2.05) is 24.3 Å². The zero-order chi connectivity index (χ0) is 13.0. The van der Waals surface area contributed by atoms with E-state index in [4.69, 9.17) is 9.47 Å². The van der Waals surface area contributed by atoms with Gasteiger partial charge in [-0.25, -0.2) is 0 Å². The number of hydrogen-bond acceptors (Lipinski definition) is 4. The molecule has 0 atom stereocenters. The van der Waals surface area contributed by atoms with Gasteiger partial charge in [-0.15, -0.1) is 0 Å². The Bertz CT molecular complexity index is 480. The minimum Gasteiger partial charge on any atom is -0.493 e. The van der Waals surface area contributed by atoms with Crippen molar-refractivity contribution in [3.05, 3.63) is 29.5 Å². The summed E-state index contributed by atoms with van der Waals surface area (Å²) in [7, 11) is 3.22. The summed E-state index contributed by atoms with van der Waals surface area (Å²) in [5.74, 6) is 1.67. The van der Waals surface area contributed by atoms with Crippen LogP contribution in [0.25, 0.3) is 6.08 Å². The van der Waals surface area contributed by atoms with E-state index in [0.29, 0.717) is 24.3 Å². The topological polar surface area (TPSA) is 47.6 Å². The standard InChI is InChI=1S/C14H17NO3/c1-17-13-4-3-10(8-14(13)18-2)7-11-9-12(16)5-6-15-11/h3-4,7-8,15H,5-6,9H2,1-2H3/b11-7+. The summed E-state index contributed by atoms with van der Waals surface area (Å²) in [6.07, 6.45) is 3.07. The molecule has 0 aromatic heterocycles. The Kier molecular flexibility index (Phi) is 3.87. The quantitative estimate of drug-likeness (QED) is 0.887. The number of Topliss-reactive ketones (excluding diaryl/α,β-unsaturated/α-hetero) is 1. The molecule has 1 N–H and O–H groups in total. The number of allylic oxidation sites excluding steroid dienone is 1. The lowest BCUT2D eigenvalue weighted by Crippen LogP contribution is -2.25. The van der Waals surface area contributed by atoms with E-state index in [2.05, 4.69) is 5.32 Å². The van der Waals surface area contributed by atoms with Crippen LogP contribution in [0.5, 0.6) is 11.5 Å². The van der Waals surface area contributed by atoms with Crippen LogP contribution in [0.1, 0.15) is 18.4 Å². The molecule has 1 heterocycles. The van der Waals surface area contributed by atoms with E-state index in [0.717, 1.165) is 17.8 Å². The fourth-order valence-electron chi connectivity index (χ4n) is 1.97. The molecule has 0 saturated carbocycles. The molecule has 0 aliphatic carbocycles. The Balaban J connectivity index is 2.23. The van der Waals surface area contributed by atoms with Crippen LogP contribution >= 0.6 is 0 Å². The monoisotopic (exact) mass is 247 g/mol. The average molecular weight is 247 g/mol. The van der Waals surface area contributed by atoms with Gasteiger partial charge in [-0.05, 0) is 23.8 Å². The van der Waals surface area contributed by atoms with Crippen LogP contribution in [0.15, 0.2) is 23.9 Å². The molecule has 1 saturated heterocycles. The van der Waals surface area contributed by atoms with Crippen molar-refractivity contribution in [2.24, 2.45) is 0 Å². The minimum atomic E-state index is 0.278. The van der Waals surface area contributed by atoms with Crippen LogP contribution in [0, 0.1) is 0 Å². The highest BCUT2D eigenvalue weighted by molar-refractivity contribution is 5.83. The van der Waals surface area contributed by atoms with Gasteiger partial charge in [0.25, 0.3) is 0 Å². The van der Waals surface area contributed by atoms with E-state index < -0.39 is 0 Å². The Hall–Kier alpha value is -1.97. The first-order valence-electron chi connectivity index (χ1n) is 5.91. The molecule has 1 aliphatic heterocycles. The van der Waals surface area contributed by atoms with E-state index in [1.165, 1.54) is 0 Å². The maximum Gasteiger partial charge on any atom is 0.161 e. The minimum absolute atomic E-state index is 0.278. The number of carbonyl (C=O) groups is 1. The number of methoxy groups -OCH3 is 2. The number of benzene rings is 1. The Morgan fingerprint density at radius 3 is 2.67 bits per heavy atom. The number of ether oxygens (including phenoxy) is 2. The van der Waals surface area contributed by atoms with Crippen molar-refractivity contribution in [1.82, 2.24) is 5.32 Å². The van der Waals surface area contributed by atoms with Gasteiger partial charge in [0, 0.05) is 25.1 Å². The molecular weight excluding hydrogens is 230 g/mol. The molecule has 18 heavy (non-hydrogen) atoms. The molecule has 96 valence electrons. The van der Waals surface area contributed by atoms with Crippen molar-refractivity contribution in [3.8, 4) is 11.5 Å². The van der Waals surface area contributed by atoms with Gasteiger partial charge in [-0.3, -0.25) is 4.79 Å². The maximum absolute atomic E-state index is 11.4. The molecule has 1 aliphatic rings.